The van der Waals surface area contributed by atoms with E-state index in [9.17, 15) is 9.59 Å². The number of nitrogens with one attached hydrogen (secondary N) is 1. The van der Waals surface area contributed by atoms with E-state index in [-0.39, 0.29) is 30.4 Å². The topological polar surface area (TPSA) is 58.6 Å². The molecular formula is C34H44ClN2O3P. The average Bonchev–Trinajstić information content (AvgIpc) is 2.96. The van der Waals surface area contributed by atoms with Gasteiger partial charge in [-0.15, -0.1) is 0 Å². The number of hydrogen-bond acceptors (Lipinski definition) is 3. The number of rotatable bonds is 10. The number of likely N-dealkylation sites (tertiary alicyclic amines) is 1. The van der Waals surface area contributed by atoms with E-state index < -0.39 is 12.9 Å². The highest BCUT2D eigenvalue weighted by atomic mass is 35.5. The molecular weight excluding hydrogens is 551 g/mol. The van der Waals surface area contributed by atoms with Gasteiger partial charge in [-0.1, -0.05) is 54.6 Å². The molecule has 1 heterocycles. The Kier molecular flexibility index (Phi) is 12.2. The Labute approximate surface area is 252 Å². The lowest BCUT2D eigenvalue weighted by Crippen LogP contribution is -3.00. The zero-order valence-corrected chi connectivity index (χ0v) is 26.2. The smallest absolute Gasteiger partial charge is 0.410 e. The second-order valence-corrected chi connectivity index (χ2v) is 15.3. The van der Waals surface area contributed by atoms with Crippen LogP contribution < -0.4 is 33.6 Å². The first-order valence-corrected chi connectivity index (χ1v) is 16.6. The van der Waals surface area contributed by atoms with Crippen LogP contribution in [0.4, 0.5) is 4.79 Å². The van der Waals surface area contributed by atoms with Crippen molar-refractivity contribution >= 4 is 35.2 Å². The fourth-order valence-electron chi connectivity index (χ4n) is 5.53. The number of carbonyl (C=O) groups is 2. The molecule has 220 valence electrons. The maximum absolute atomic E-state index is 12.7. The molecule has 7 heteroatoms. The summed E-state index contributed by atoms with van der Waals surface area (Å²) in [6.45, 7) is 6.87. The number of nitrogens with zero attached hydrogens (tertiary/aromatic N) is 1. The van der Waals surface area contributed by atoms with Gasteiger partial charge in [0, 0.05) is 25.6 Å². The molecule has 0 radical (unpaired) electrons. The van der Waals surface area contributed by atoms with Gasteiger partial charge < -0.3 is 27.4 Å². The van der Waals surface area contributed by atoms with Gasteiger partial charge in [0.2, 0.25) is 5.91 Å². The first-order chi connectivity index (χ1) is 19.3. The molecule has 3 aromatic carbocycles. The van der Waals surface area contributed by atoms with Crippen LogP contribution >= 0.6 is 7.26 Å². The maximum Gasteiger partial charge on any atom is 0.410 e. The van der Waals surface area contributed by atoms with Gasteiger partial charge >= 0.3 is 6.09 Å². The number of amides is 2. The molecule has 1 N–H and O–H groups in total. The molecule has 0 atom stereocenters. The second-order valence-electron chi connectivity index (χ2n) is 11.7. The number of ether oxygens (including phenoxy) is 1. The van der Waals surface area contributed by atoms with Crippen LogP contribution in [0.1, 0.15) is 59.3 Å². The van der Waals surface area contributed by atoms with Crippen LogP contribution in [0.3, 0.4) is 0 Å². The van der Waals surface area contributed by atoms with Crippen LogP contribution in [0.2, 0.25) is 0 Å². The first kappa shape index (κ1) is 32.6. The van der Waals surface area contributed by atoms with Crippen LogP contribution in [0.5, 0.6) is 0 Å². The van der Waals surface area contributed by atoms with E-state index in [4.69, 9.17) is 4.74 Å². The van der Waals surface area contributed by atoms with Crippen LogP contribution in [0, 0.1) is 0 Å². The first-order valence-electron chi connectivity index (χ1n) is 14.6. The molecule has 3 aromatic rings. The van der Waals surface area contributed by atoms with Crippen molar-refractivity contribution in [1.29, 1.82) is 0 Å². The summed E-state index contributed by atoms with van der Waals surface area (Å²) in [6.07, 6.45) is 5.84. The van der Waals surface area contributed by atoms with Gasteiger partial charge in [-0.25, -0.2) is 4.79 Å². The number of hydrogen-bond donors (Lipinski definition) is 1. The Morgan fingerprint density at radius 2 is 1.24 bits per heavy atom. The summed E-state index contributed by atoms with van der Waals surface area (Å²) >= 11 is 0. The lowest BCUT2D eigenvalue weighted by Gasteiger charge is -2.33. The number of halogens is 1. The fraction of sp³-hybridized carbons (Fsp3) is 0.412. The lowest BCUT2D eigenvalue weighted by atomic mass is 10.0. The molecule has 0 bridgehead atoms. The molecule has 41 heavy (non-hydrogen) atoms. The zero-order chi connectivity index (χ0) is 28.4. The molecule has 1 saturated heterocycles. The molecule has 0 saturated carbocycles. The monoisotopic (exact) mass is 594 g/mol. The molecule has 1 aliphatic heterocycles. The molecule has 1 aliphatic rings. The van der Waals surface area contributed by atoms with Crippen LogP contribution in [0.15, 0.2) is 91.0 Å². The Morgan fingerprint density at radius 1 is 0.780 bits per heavy atom. The standard InChI is InChI=1S/C34H43N2O3P.ClH/c1-34(2,3)39-33(38)36-25-23-28(24-26-36)35-32(37)22-14-7-15-27-40(29-16-8-4-9-17-29,30-18-10-5-11-19-30)31-20-12-6-13-21-31;/h4-6,8-13,16-21,28H,7,14-15,22-27H2,1-3H3;1H. The van der Waals surface area contributed by atoms with Gasteiger partial charge in [0.25, 0.3) is 0 Å². The quantitative estimate of drug-likeness (QED) is 0.290. The zero-order valence-electron chi connectivity index (χ0n) is 24.6. The third-order valence-corrected chi connectivity index (χ3v) is 12.0. The number of unbranched alkanes of at least 4 members (excludes halogenated alkanes) is 2. The third-order valence-electron chi connectivity index (χ3n) is 7.50. The Balaban J connectivity index is 0.00000462. The van der Waals surface area contributed by atoms with E-state index in [0.29, 0.717) is 19.5 Å². The van der Waals surface area contributed by atoms with E-state index >= 15 is 0 Å². The van der Waals surface area contributed by atoms with Crippen LogP contribution in [-0.2, 0) is 9.53 Å². The van der Waals surface area contributed by atoms with Crippen molar-refractivity contribution < 1.29 is 26.7 Å². The van der Waals surface area contributed by atoms with Crippen molar-refractivity contribution in [2.45, 2.75) is 70.9 Å². The lowest BCUT2D eigenvalue weighted by molar-refractivity contribution is -0.122. The fourth-order valence-corrected chi connectivity index (χ4v) is 9.94. The van der Waals surface area contributed by atoms with Crippen molar-refractivity contribution in [3.05, 3.63) is 91.0 Å². The highest BCUT2D eigenvalue weighted by Crippen LogP contribution is 2.56. The Morgan fingerprint density at radius 3 is 1.68 bits per heavy atom. The molecule has 0 unspecified atom stereocenters. The number of benzene rings is 3. The summed E-state index contributed by atoms with van der Waals surface area (Å²) < 4.78 is 5.48. The second kappa shape index (κ2) is 15.4. The van der Waals surface area contributed by atoms with Crippen molar-refractivity contribution in [3.8, 4) is 0 Å². The molecule has 1 fully saturated rings. The Bertz CT molecular complexity index is 1110. The van der Waals surface area contributed by atoms with E-state index in [2.05, 4.69) is 96.3 Å². The molecule has 0 spiro atoms. The SMILES string of the molecule is CC(C)(C)OC(=O)N1CCC(NC(=O)CCCCC[P+](c2ccccc2)(c2ccccc2)c2ccccc2)CC1.[Cl-]. The average molecular weight is 595 g/mol. The summed E-state index contributed by atoms with van der Waals surface area (Å²) in [5, 5.41) is 7.42. The predicted molar refractivity (Wildman–Crippen MR) is 167 cm³/mol. The molecule has 4 rings (SSSR count). The van der Waals surface area contributed by atoms with E-state index in [1.807, 2.05) is 20.8 Å². The van der Waals surface area contributed by atoms with Crippen molar-refractivity contribution in [2.24, 2.45) is 0 Å². The minimum atomic E-state index is -1.82. The summed E-state index contributed by atoms with van der Waals surface area (Å²) in [7, 11) is -1.82. The van der Waals surface area contributed by atoms with Gasteiger partial charge in [0.1, 0.15) is 28.8 Å². The van der Waals surface area contributed by atoms with E-state index in [0.717, 1.165) is 38.3 Å². The van der Waals surface area contributed by atoms with Crippen LogP contribution in [0.25, 0.3) is 0 Å². The van der Waals surface area contributed by atoms with Crippen molar-refractivity contribution in [1.82, 2.24) is 10.2 Å². The van der Waals surface area contributed by atoms with Gasteiger partial charge in [-0.3, -0.25) is 4.79 Å². The summed E-state index contributed by atoms with van der Waals surface area (Å²) in [4.78, 5) is 26.8. The van der Waals surface area contributed by atoms with E-state index in [1.165, 1.54) is 15.9 Å². The highest BCUT2D eigenvalue weighted by Gasteiger charge is 2.44. The Hall–Kier alpha value is -2.88. The minimum absolute atomic E-state index is 0. The summed E-state index contributed by atoms with van der Waals surface area (Å²) in [6, 6.07) is 33.0. The highest BCUT2D eigenvalue weighted by molar-refractivity contribution is 7.95. The van der Waals surface area contributed by atoms with Gasteiger partial charge in [0.15, 0.2) is 0 Å². The van der Waals surface area contributed by atoms with Crippen LogP contribution in [-0.4, -0.2) is 47.8 Å². The third kappa shape index (κ3) is 9.05. The normalized spacial score (nSPS) is 14.2. The number of piperidine rings is 1. The molecule has 0 aromatic heterocycles. The van der Waals surface area contributed by atoms with Gasteiger partial charge in [0.05, 0.1) is 6.16 Å². The molecule has 2 amide bonds. The maximum atomic E-state index is 12.7. The predicted octanol–water partition coefficient (Wildman–Crippen LogP) is 3.06. The van der Waals surface area contributed by atoms with E-state index in [1.54, 1.807) is 4.90 Å². The van der Waals surface area contributed by atoms with Crippen molar-refractivity contribution in [2.75, 3.05) is 19.3 Å². The van der Waals surface area contributed by atoms with Gasteiger partial charge in [-0.2, -0.15) is 0 Å². The molecule has 5 nitrogen and oxygen atoms in total. The summed E-state index contributed by atoms with van der Waals surface area (Å²) in [5.74, 6) is 0.117. The largest absolute Gasteiger partial charge is 1.00 e. The van der Waals surface area contributed by atoms with Gasteiger partial charge in [-0.05, 0) is 89.3 Å². The number of carbonyl (C=O) groups excluding carboxylic acids is 2. The van der Waals surface area contributed by atoms with Crippen molar-refractivity contribution in [3.63, 3.8) is 0 Å². The summed E-state index contributed by atoms with van der Waals surface area (Å²) in [5.41, 5.74) is -0.493. The molecule has 0 aliphatic carbocycles. The minimum Gasteiger partial charge on any atom is -1.00 e.